The summed E-state index contributed by atoms with van der Waals surface area (Å²) in [4.78, 5) is 11.7. The van der Waals surface area contributed by atoms with E-state index in [1.807, 2.05) is 42.5 Å². The van der Waals surface area contributed by atoms with Crippen molar-refractivity contribution in [2.24, 2.45) is 0 Å². The molecule has 0 aliphatic carbocycles. The molecule has 1 heterocycles. The second-order valence-electron chi connectivity index (χ2n) is 4.38. The standard InChI is InChI=1S/C15H14N2O2/c18-15(17-12-4-2-1-3-5-12)19-13-6-7-14-11(10-13)8-9-16-14/h1-7,10,16H,8-9H2,(H,17,18). The molecule has 0 bridgehead atoms. The van der Waals surface area contributed by atoms with Gasteiger partial charge in [-0.2, -0.15) is 0 Å². The van der Waals surface area contributed by atoms with E-state index in [9.17, 15) is 4.79 Å². The normalized spacial score (nSPS) is 12.4. The van der Waals surface area contributed by atoms with E-state index in [-0.39, 0.29) is 0 Å². The molecule has 4 heteroatoms. The number of hydrogen-bond acceptors (Lipinski definition) is 3. The molecule has 4 nitrogen and oxygen atoms in total. The largest absolute Gasteiger partial charge is 0.417 e. The van der Waals surface area contributed by atoms with Crippen molar-refractivity contribution in [1.82, 2.24) is 0 Å². The number of rotatable bonds is 2. The minimum atomic E-state index is -0.475. The van der Waals surface area contributed by atoms with Crippen molar-refractivity contribution in [3.05, 3.63) is 54.1 Å². The van der Waals surface area contributed by atoms with E-state index in [0.717, 1.165) is 24.3 Å². The van der Waals surface area contributed by atoms with E-state index in [1.165, 1.54) is 5.56 Å². The summed E-state index contributed by atoms with van der Waals surface area (Å²) in [6.07, 6.45) is 0.490. The van der Waals surface area contributed by atoms with E-state index in [2.05, 4.69) is 10.6 Å². The lowest BCUT2D eigenvalue weighted by Gasteiger charge is -2.07. The van der Waals surface area contributed by atoms with Crippen molar-refractivity contribution < 1.29 is 9.53 Å². The monoisotopic (exact) mass is 254 g/mol. The van der Waals surface area contributed by atoms with Gasteiger partial charge in [0.1, 0.15) is 5.75 Å². The summed E-state index contributed by atoms with van der Waals surface area (Å²) < 4.78 is 5.27. The van der Waals surface area contributed by atoms with Crippen molar-refractivity contribution in [3.8, 4) is 5.75 Å². The SMILES string of the molecule is O=C(Nc1ccccc1)Oc1ccc2c(c1)CCN2. The van der Waals surface area contributed by atoms with Gasteiger partial charge in [-0.1, -0.05) is 18.2 Å². The Bertz CT molecular complexity index is 596. The molecule has 1 aliphatic rings. The van der Waals surface area contributed by atoms with Crippen LogP contribution in [0.3, 0.4) is 0 Å². The second kappa shape index (κ2) is 5.02. The van der Waals surface area contributed by atoms with E-state index >= 15 is 0 Å². The molecule has 0 unspecified atom stereocenters. The highest BCUT2D eigenvalue weighted by atomic mass is 16.6. The number of amides is 1. The predicted octanol–water partition coefficient (Wildman–Crippen LogP) is 3.27. The third-order valence-corrected chi connectivity index (χ3v) is 3.02. The highest BCUT2D eigenvalue weighted by Gasteiger charge is 2.12. The molecule has 0 fully saturated rings. The van der Waals surface area contributed by atoms with Crippen molar-refractivity contribution in [2.75, 3.05) is 17.2 Å². The number of nitrogens with one attached hydrogen (secondary N) is 2. The van der Waals surface area contributed by atoms with E-state index in [1.54, 1.807) is 6.07 Å². The Hall–Kier alpha value is -2.49. The average molecular weight is 254 g/mol. The Morgan fingerprint density at radius 1 is 1.16 bits per heavy atom. The minimum Gasteiger partial charge on any atom is -0.410 e. The van der Waals surface area contributed by atoms with Crippen molar-refractivity contribution in [3.63, 3.8) is 0 Å². The van der Waals surface area contributed by atoms with E-state index in [0.29, 0.717) is 5.75 Å². The highest BCUT2D eigenvalue weighted by molar-refractivity contribution is 5.86. The van der Waals surface area contributed by atoms with Crippen LogP contribution in [0.25, 0.3) is 0 Å². The fraction of sp³-hybridized carbons (Fsp3) is 0.133. The fourth-order valence-corrected chi connectivity index (χ4v) is 2.12. The Balaban J connectivity index is 1.66. The third kappa shape index (κ3) is 2.68. The quantitative estimate of drug-likeness (QED) is 0.864. The lowest BCUT2D eigenvalue weighted by atomic mass is 10.1. The summed E-state index contributed by atoms with van der Waals surface area (Å²) >= 11 is 0. The molecule has 19 heavy (non-hydrogen) atoms. The van der Waals surface area contributed by atoms with Crippen molar-refractivity contribution in [2.45, 2.75) is 6.42 Å². The lowest BCUT2D eigenvalue weighted by Crippen LogP contribution is -2.16. The van der Waals surface area contributed by atoms with Gasteiger partial charge in [0.05, 0.1) is 0 Å². The first-order chi connectivity index (χ1) is 9.31. The van der Waals surface area contributed by atoms with Crippen LogP contribution in [-0.2, 0) is 6.42 Å². The fourth-order valence-electron chi connectivity index (χ4n) is 2.12. The molecule has 0 radical (unpaired) electrons. The first kappa shape index (κ1) is 11.6. The van der Waals surface area contributed by atoms with Crippen LogP contribution in [0.2, 0.25) is 0 Å². The Labute approximate surface area is 111 Å². The molecule has 2 aromatic rings. The van der Waals surface area contributed by atoms with Gasteiger partial charge in [-0.05, 0) is 42.3 Å². The summed E-state index contributed by atoms with van der Waals surface area (Å²) in [5.74, 6) is 0.566. The number of para-hydroxylation sites is 1. The Morgan fingerprint density at radius 3 is 2.84 bits per heavy atom. The van der Waals surface area contributed by atoms with Crippen molar-refractivity contribution >= 4 is 17.5 Å². The first-order valence-corrected chi connectivity index (χ1v) is 6.22. The summed E-state index contributed by atoms with van der Waals surface area (Å²) in [7, 11) is 0. The topological polar surface area (TPSA) is 50.4 Å². The van der Waals surface area contributed by atoms with Crippen molar-refractivity contribution in [1.29, 1.82) is 0 Å². The zero-order valence-electron chi connectivity index (χ0n) is 10.3. The van der Waals surface area contributed by atoms with Crippen LogP contribution in [0.1, 0.15) is 5.56 Å². The van der Waals surface area contributed by atoms with Gasteiger partial charge in [-0.15, -0.1) is 0 Å². The first-order valence-electron chi connectivity index (χ1n) is 6.22. The maximum absolute atomic E-state index is 11.7. The number of carbonyl (C=O) groups is 1. The van der Waals surface area contributed by atoms with E-state index in [4.69, 9.17) is 4.74 Å². The van der Waals surface area contributed by atoms with Crippen LogP contribution in [0.15, 0.2) is 48.5 Å². The zero-order valence-corrected chi connectivity index (χ0v) is 10.3. The third-order valence-electron chi connectivity index (χ3n) is 3.02. The molecule has 0 saturated carbocycles. The molecular formula is C15H14N2O2. The molecule has 1 aliphatic heterocycles. The van der Waals surface area contributed by atoms with Gasteiger partial charge in [0.15, 0.2) is 0 Å². The number of benzene rings is 2. The van der Waals surface area contributed by atoms with Crippen LogP contribution in [-0.4, -0.2) is 12.6 Å². The van der Waals surface area contributed by atoms with Crippen LogP contribution in [0.4, 0.5) is 16.2 Å². The van der Waals surface area contributed by atoms with Gasteiger partial charge in [0.2, 0.25) is 0 Å². The van der Waals surface area contributed by atoms with Gasteiger partial charge >= 0.3 is 6.09 Å². The minimum absolute atomic E-state index is 0.475. The van der Waals surface area contributed by atoms with Gasteiger partial charge < -0.3 is 10.1 Å². The number of ether oxygens (including phenoxy) is 1. The Kier molecular flexibility index (Phi) is 3.06. The summed E-state index contributed by atoms with van der Waals surface area (Å²) in [5.41, 5.74) is 3.02. The number of hydrogen-bond donors (Lipinski definition) is 2. The molecule has 2 N–H and O–H groups in total. The van der Waals surface area contributed by atoms with Gasteiger partial charge in [-0.3, -0.25) is 5.32 Å². The van der Waals surface area contributed by atoms with Gasteiger partial charge in [-0.25, -0.2) is 4.79 Å². The smallest absolute Gasteiger partial charge is 0.410 e. The number of fused-ring (bicyclic) bond motifs is 1. The van der Waals surface area contributed by atoms with Crippen LogP contribution in [0.5, 0.6) is 5.75 Å². The van der Waals surface area contributed by atoms with Crippen LogP contribution in [0, 0.1) is 0 Å². The van der Waals surface area contributed by atoms with Crippen LogP contribution < -0.4 is 15.4 Å². The zero-order chi connectivity index (χ0) is 13.1. The Morgan fingerprint density at radius 2 is 2.00 bits per heavy atom. The van der Waals surface area contributed by atoms with E-state index < -0.39 is 6.09 Å². The summed E-state index contributed by atoms with van der Waals surface area (Å²) in [6, 6.07) is 14.9. The maximum Gasteiger partial charge on any atom is 0.417 e. The molecular weight excluding hydrogens is 240 g/mol. The molecule has 2 aromatic carbocycles. The van der Waals surface area contributed by atoms with Crippen LogP contribution >= 0.6 is 0 Å². The average Bonchev–Trinajstić information content (AvgIpc) is 2.87. The molecule has 0 saturated heterocycles. The highest BCUT2D eigenvalue weighted by Crippen LogP contribution is 2.26. The molecule has 1 amide bonds. The summed E-state index contributed by atoms with van der Waals surface area (Å²) in [6.45, 7) is 0.939. The van der Waals surface area contributed by atoms with Gasteiger partial charge in [0, 0.05) is 17.9 Å². The molecule has 0 aromatic heterocycles. The lowest BCUT2D eigenvalue weighted by molar-refractivity contribution is 0.215. The number of carbonyl (C=O) groups excluding carboxylic acids is 1. The maximum atomic E-state index is 11.7. The molecule has 0 spiro atoms. The molecule has 0 atom stereocenters. The van der Waals surface area contributed by atoms with Gasteiger partial charge in [0.25, 0.3) is 0 Å². The summed E-state index contributed by atoms with van der Waals surface area (Å²) in [5, 5.41) is 5.95. The second-order valence-corrected chi connectivity index (χ2v) is 4.38. The number of anilines is 2. The molecule has 3 rings (SSSR count). The molecule has 96 valence electrons. The predicted molar refractivity (Wildman–Crippen MR) is 74.7 cm³/mol.